The third kappa shape index (κ3) is 21.7. The monoisotopic (exact) mass is 442 g/mol. The van der Waals surface area contributed by atoms with Gasteiger partial charge in [0.2, 0.25) is 0 Å². The first kappa shape index (κ1) is 29.7. The van der Waals surface area contributed by atoms with Crippen LogP contribution in [0.5, 0.6) is 0 Å². The van der Waals surface area contributed by atoms with Gasteiger partial charge in [-0.15, -0.1) is 0 Å². The largest absolute Gasteiger partial charge is 0.463 e. The number of nitrogens with zero attached hydrogens (tertiary/aromatic N) is 1. The van der Waals surface area contributed by atoms with Crippen molar-refractivity contribution in [2.24, 2.45) is 0 Å². The van der Waals surface area contributed by atoms with Gasteiger partial charge in [0.05, 0.1) is 6.10 Å². The fourth-order valence-electron chi connectivity index (χ4n) is 3.50. The third-order valence-electron chi connectivity index (χ3n) is 5.24. The van der Waals surface area contributed by atoms with Crippen LogP contribution in [0.4, 0.5) is 4.79 Å². The van der Waals surface area contributed by atoms with Crippen molar-refractivity contribution < 1.29 is 19.1 Å². The van der Waals surface area contributed by atoms with Crippen LogP contribution >= 0.6 is 0 Å². The standard InChI is InChI=1S/C25H50N2O4/c1-6-7-8-9-10-11-12-13-14-15-17-23(18-19-24(28)30-22(2)3)31-25(29)26-20-16-21-27(4)5/h22-23H,6-21H2,1-5H3,(H,26,29). The highest BCUT2D eigenvalue weighted by molar-refractivity contribution is 5.70. The summed E-state index contributed by atoms with van der Waals surface area (Å²) in [4.78, 5) is 26.1. The lowest BCUT2D eigenvalue weighted by Crippen LogP contribution is -2.31. The second-order valence-corrected chi connectivity index (χ2v) is 9.16. The van der Waals surface area contributed by atoms with E-state index in [1.807, 2.05) is 27.9 Å². The van der Waals surface area contributed by atoms with Crippen LogP contribution in [0.3, 0.4) is 0 Å². The van der Waals surface area contributed by atoms with Gasteiger partial charge in [-0.3, -0.25) is 4.79 Å². The molecule has 0 aromatic rings. The number of rotatable bonds is 20. The molecule has 184 valence electrons. The van der Waals surface area contributed by atoms with Crippen molar-refractivity contribution in [2.45, 2.75) is 123 Å². The number of nitrogens with one attached hydrogen (secondary N) is 1. The summed E-state index contributed by atoms with van der Waals surface area (Å²) in [6, 6.07) is 0. The van der Waals surface area contributed by atoms with Gasteiger partial charge >= 0.3 is 12.1 Å². The molecule has 0 aliphatic carbocycles. The summed E-state index contributed by atoms with van der Waals surface area (Å²) in [7, 11) is 4.02. The molecule has 0 heterocycles. The molecular formula is C25H50N2O4. The number of carbonyl (C=O) groups is 2. The number of esters is 1. The molecule has 1 unspecified atom stereocenters. The number of unbranched alkanes of at least 4 members (excludes halogenated alkanes) is 9. The number of amides is 1. The molecule has 0 aromatic heterocycles. The Morgan fingerprint density at radius 3 is 1.94 bits per heavy atom. The summed E-state index contributed by atoms with van der Waals surface area (Å²) >= 11 is 0. The molecule has 0 aromatic carbocycles. The van der Waals surface area contributed by atoms with E-state index in [1.54, 1.807) is 0 Å². The summed E-state index contributed by atoms with van der Waals surface area (Å²) < 4.78 is 10.8. The Balaban J connectivity index is 4.14. The van der Waals surface area contributed by atoms with Gasteiger partial charge in [0.25, 0.3) is 0 Å². The number of ether oxygens (including phenoxy) is 2. The second-order valence-electron chi connectivity index (χ2n) is 9.16. The van der Waals surface area contributed by atoms with Gasteiger partial charge in [-0.05, 0) is 60.2 Å². The zero-order chi connectivity index (χ0) is 23.3. The van der Waals surface area contributed by atoms with E-state index in [1.165, 1.54) is 51.4 Å². The van der Waals surface area contributed by atoms with Crippen molar-refractivity contribution in [2.75, 3.05) is 27.2 Å². The highest BCUT2D eigenvalue weighted by atomic mass is 16.6. The Labute approximate surface area is 191 Å². The molecule has 0 spiro atoms. The van der Waals surface area contributed by atoms with Crippen LogP contribution in [0.1, 0.15) is 111 Å². The Morgan fingerprint density at radius 2 is 1.39 bits per heavy atom. The molecule has 0 aliphatic rings. The highest BCUT2D eigenvalue weighted by Crippen LogP contribution is 2.16. The lowest BCUT2D eigenvalue weighted by atomic mass is 10.0. The third-order valence-corrected chi connectivity index (χ3v) is 5.24. The van der Waals surface area contributed by atoms with Crippen LogP contribution in [0.25, 0.3) is 0 Å². The summed E-state index contributed by atoms with van der Waals surface area (Å²) in [5.41, 5.74) is 0. The molecule has 0 rings (SSSR count). The first-order valence-electron chi connectivity index (χ1n) is 12.6. The van der Waals surface area contributed by atoms with Crippen molar-refractivity contribution >= 4 is 12.1 Å². The minimum absolute atomic E-state index is 0.117. The second kappa shape index (κ2) is 20.6. The first-order chi connectivity index (χ1) is 14.8. The molecule has 1 amide bonds. The Hall–Kier alpha value is -1.30. The number of alkyl carbamates (subject to hydrolysis) is 1. The topological polar surface area (TPSA) is 67.9 Å². The minimum atomic E-state index is -0.381. The predicted molar refractivity (Wildman–Crippen MR) is 128 cm³/mol. The summed E-state index contributed by atoms with van der Waals surface area (Å²) in [5, 5.41) is 2.82. The molecule has 1 N–H and O–H groups in total. The number of hydrogen-bond donors (Lipinski definition) is 1. The fourth-order valence-corrected chi connectivity index (χ4v) is 3.50. The molecule has 0 fully saturated rings. The summed E-state index contributed by atoms with van der Waals surface area (Å²) in [5.74, 6) is -0.224. The van der Waals surface area contributed by atoms with E-state index < -0.39 is 0 Å². The Kier molecular flexibility index (Phi) is 19.7. The molecule has 0 saturated heterocycles. The lowest BCUT2D eigenvalue weighted by molar-refractivity contribution is -0.148. The lowest BCUT2D eigenvalue weighted by Gasteiger charge is -2.19. The van der Waals surface area contributed by atoms with Crippen LogP contribution in [-0.4, -0.2) is 56.4 Å². The molecule has 31 heavy (non-hydrogen) atoms. The molecule has 1 atom stereocenters. The number of hydrogen-bond acceptors (Lipinski definition) is 5. The maximum Gasteiger partial charge on any atom is 0.407 e. The van der Waals surface area contributed by atoms with E-state index >= 15 is 0 Å². The molecule has 6 heteroatoms. The van der Waals surface area contributed by atoms with Crippen molar-refractivity contribution in [3.63, 3.8) is 0 Å². The SMILES string of the molecule is CCCCCCCCCCCCC(CCC(=O)OC(C)C)OC(=O)NCCCN(C)C. The normalized spacial score (nSPS) is 12.2. The smallest absolute Gasteiger partial charge is 0.407 e. The van der Waals surface area contributed by atoms with E-state index in [9.17, 15) is 9.59 Å². The summed E-state index contributed by atoms with van der Waals surface area (Å²) in [6.07, 6.45) is 14.5. The van der Waals surface area contributed by atoms with Gasteiger partial charge in [-0.1, -0.05) is 64.7 Å². The molecule has 6 nitrogen and oxygen atoms in total. The van der Waals surface area contributed by atoms with Gasteiger partial charge in [-0.25, -0.2) is 4.79 Å². The van der Waals surface area contributed by atoms with Crippen molar-refractivity contribution in [3.05, 3.63) is 0 Å². The van der Waals surface area contributed by atoms with E-state index in [0.717, 1.165) is 32.2 Å². The van der Waals surface area contributed by atoms with Gasteiger partial charge < -0.3 is 19.7 Å². The molecule has 0 radical (unpaired) electrons. The first-order valence-corrected chi connectivity index (χ1v) is 12.6. The van der Waals surface area contributed by atoms with Gasteiger partial charge in [0.1, 0.15) is 6.10 Å². The molecule has 0 aliphatic heterocycles. The number of carbonyl (C=O) groups excluding carboxylic acids is 2. The van der Waals surface area contributed by atoms with E-state index in [2.05, 4.69) is 17.1 Å². The van der Waals surface area contributed by atoms with E-state index in [4.69, 9.17) is 9.47 Å². The van der Waals surface area contributed by atoms with Crippen LogP contribution in [0, 0.1) is 0 Å². The van der Waals surface area contributed by atoms with Crippen molar-refractivity contribution in [3.8, 4) is 0 Å². The van der Waals surface area contributed by atoms with Gasteiger partial charge in [0, 0.05) is 13.0 Å². The van der Waals surface area contributed by atoms with Crippen molar-refractivity contribution in [1.82, 2.24) is 10.2 Å². The predicted octanol–water partition coefficient (Wildman–Crippen LogP) is 6.08. The Bertz CT molecular complexity index is 441. The maximum absolute atomic E-state index is 12.1. The molecular weight excluding hydrogens is 392 g/mol. The van der Waals surface area contributed by atoms with Crippen LogP contribution in [0.2, 0.25) is 0 Å². The van der Waals surface area contributed by atoms with E-state index in [0.29, 0.717) is 13.0 Å². The highest BCUT2D eigenvalue weighted by Gasteiger charge is 2.17. The average Bonchev–Trinajstić information content (AvgIpc) is 2.70. The summed E-state index contributed by atoms with van der Waals surface area (Å²) in [6.45, 7) is 7.45. The van der Waals surface area contributed by atoms with E-state index in [-0.39, 0.29) is 30.7 Å². The quantitative estimate of drug-likeness (QED) is 0.183. The van der Waals surface area contributed by atoms with Crippen LogP contribution in [0.15, 0.2) is 0 Å². The Morgan fingerprint density at radius 1 is 0.806 bits per heavy atom. The molecule has 0 saturated carbocycles. The maximum atomic E-state index is 12.1. The molecule has 0 bridgehead atoms. The minimum Gasteiger partial charge on any atom is -0.463 e. The van der Waals surface area contributed by atoms with Gasteiger partial charge in [-0.2, -0.15) is 0 Å². The van der Waals surface area contributed by atoms with Crippen LogP contribution in [-0.2, 0) is 14.3 Å². The zero-order valence-corrected chi connectivity index (χ0v) is 21.0. The van der Waals surface area contributed by atoms with Crippen LogP contribution < -0.4 is 5.32 Å². The zero-order valence-electron chi connectivity index (χ0n) is 21.0. The van der Waals surface area contributed by atoms with Gasteiger partial charge in [0.15, 0.2) is 0 Å². The average molecular weight is 443 g/mol. The fraction of sp³-hybridized carbons (Fsp3) is 0.920. The van der Waals surface area contributed by atoms with Crippen molar-refractivity contribution in [1.29, 1.82) is 0 Å².